The summed E-state index contributed by atoms with van der Waals surface area (Å²) in [6, 6.07) is 6.28. The first-order valence-corrected chi connectivity index (χ1v) is 5.75. The van der Waals surface area contributed by atoms with Crippen LogP contribution in [-0.4, -0.2) is 13.7 Å². The van der Waals surface area contributed by atoms with E-state index in [9.17, 15) is 8.42 Å². The molecule has 0 unspecified atom stereocenters. The summed E-state index contributed by atoms with van der Waals surface area (Å²) in [6.45, 7) is 10.1. The standard InChI is InChI=1S/C10H11NO2S/c1-8(2)14(12,13)10-7-5-4-6-9(10)11-3/h4-8H,1-2H3. The summed E-state index contributed by atoms with van der Waals surface area (Å²) in [6.07, 6.45) is 0. The van der Waals surface area contributed by atoms with Crippen molar-refractivity contribution in [1.29, 1.82) is 0 Å². The van der Waals surface area contributed by atoms with Crippen LogP contribution in [0.1, 0.15) is 13.8 Å². The minimum absolute atomic E-state index is 0.130. The molecule has 0 aliphatic heterocycles. The largest absolute Gasteiger partial charge is 0.237 e. The van der Waals surface area contributed by atoms with E-state index in [1.165, 1.54) is 12.1 Å². The van der Waals surface area contributed by atoms with Crippen molar-refractivity contribution in [2.45, 2.75) is 24.0 Å². The highest BCUT2D eigenvalue weighted by Gasteiger charge is 2.21. The average molecular weight is 209 g/mol. The Balaban J connectivity index is 3.42. The van der Waals surface area contributed by atoms with Crippen molar-refractivity contribution < 1.29 is 8.42 Å². The van der Waals surface area contributed by atoms with E-state index in [0.717, 1.165) is 0 Å². The Labute approximate surface area is 84.1 Å². The van der Waals surface area contributed by atoms with Crippen LogP contribution in [-0.2, 0) is 9.84 Å². The van der Waals surface area contributed by atoms with E-state index in [0.29, 0.717) is 0 Å². The van der Waals surface area contributed by atoms with Crippen molar-refractivity contribution in [2.75, 3.05) is 0 Å². The summed E-state index contributed by atoms with van der Waals surface area (Å²) in [7, 11) is -3.33. The van der Waals surface area contributed by atoms with Gasteiger partial charge in [0, 0.05) is 0 Å². The van der Waals surface area contributed by atoms with Crippen LogP contribution in [0.5, 0.6) is 0 Å². The van der Waals surface area contributed by atoms with Crippen LogP contribution in [0, 0.1) is 6.57 Å². The molecule has 0 N–H and O–H groups in total. The van der Waals surface area contributed by atoms with Gasteiger partial charge in [-0.25, -0.2) is 13.3 Å². The third-order valence-corrected chi connectivity index (χ3v) is 4.11. The highest BCUT2D eigenvalue weighted by Crippen LogP contribution is 2.26. The minimum atomic E-state index is -3.33. The van der Waals surface area contributed by atoms with Gasteiger partial charge in [-0.15, -0.1) is 0 Å². The molecule has 1 aromatic carbocycles. The lowest BCUT2D eigenvalue weighted by Gasteiger charge is -2.08. The van der Waals surface area contributed by atoms with Crippen molar-refractivity contribution in [2.24, 2.45) is 0 Å². The van der Waals surface area contributed by atoms with Crippen LogP contribution >= 0.6 is 0 Å². The molecule has 0 bridgehead atoms. The SMILES string of the molecule is [C-]#[N+]c1ccccc1S(=O)(=O)C(C)C. The van der Waals surface area contributed by atoms with Crippen molar-refractivity contribution in [3.8, 4) is 0 Å². The van der Waals surface area contributed by atoms with Gasteiger partial charge >= 0.3 is 0 Å². The maximum atomic E-state index is 11.8. The third-order valence-electron chi connectivity index (χ3n) is 1.91. The van der Waals surface area contributed by atoms with Crippen LogP contribution in [0.4, 0.5) is 5.69 Å². The molecule has 0 saturated heterocycles. The first-order chi connectivity index (χ1) is 6.50. The molecule has 0 saturated carbocycles. The highest BCUT2D eigenvalue weighted by atomic mass is 32.2. The van der Waals surface area contributed by atoms with E-state index in [2.05, 4.69) is 4.85 Å². The van der Waals surface area contributed by atoms with Crippen LogP contribution < -0.4 is 0 Å². The Hall–Kier alpha value is -1.34. The van der Waals surface area contributed by atoms with Gasteiger partial charge in [0.1, 0.15) is 0 Å². The quantitative estimate of drug-likeness (QED) is 0.701. The summed E-state index contributed by atoms with van der Waals surface area (Å²) >= 11 is 0. The van der Waals surface area contributed by atoms with Gasteiger partial charge in [-0.1, -0.05) is 24.3 Å². The fourth-order valence-corrected chi connectivity index (χ4v) is 2.23. The fraction of sp³-hybridized carbons (Fsp3) is 0.300. The maximum absolute atomic E-state index is 11.8. The molecule has 0 aliphatic carbocycles. The Morgan fingerprint density at radius 1 is 1.29 bits per heavy atom. The van der Waals surface area contributed by atoms with Gasteiger partial charge in [0.05, 0.1) is 16.7 Å². The smallest absolute Gasteiger partial charge is 0.205 e. The molecular weight excluding hydrogens is 198 g/mol. The average Bonchev–Trinajstić information content (AvgIpc) is 2.17. The van der Waals surface area contributed by atoms with Gasteiger partial charge in [0.15, 0.2) is 9.84 Å². The molecular formula is C10H11NO2S. The van der Waals surface area contributed by atoms with Gasteiger partial charge in [-0.3, -0.25) is 0 Å². The van der Waals surface area contributed by atoms with Gasteiger partial charge in [0.25, 0.3) is 0 Å². The second-order valence-corrected chi connectivity index (χ2v) is 5.65. The first kappa shape index (κ1) is 10.7. The van der Waals surface area contributed by atoms with Crippen LogP contribution in [0.15, 0.2) is 29.2 Å². The zero-order chi connectivity index (χ0) is 10.8. The number of rotatable bonds is 2. The van der Waals surface area contributed by atoms with Crippen molar-refractivity contribution in [1.82, 2.24) is 0 Å². The zero-order valence-corrected chi connectivity index (χ0v) is 8.88. The fourth-order valence-electron chi connectivity index (χ4n) is 1.04. The molecule has 0 spiro atoms. The molecule has 0 amide bonds. The lowest BCUT2D eigenvalue weighted by molar-refractivity contribution is 0.588. The Morgan fingerprint density at radius 3 is 2.36 bits per heavy atom. The van der Waals surface area contributed by atoms with Crippen molar-refractivity contribution in [3.05, 3.63) is 35.7 Å². The van der Waals surface area contributed by atoms with Gasteiger partial charge in [-0.2, -0.15) is 0 Å². The number of para-hydroxylation sites is 1. The number of hydrogen-bond donors (Lipinski definition) is 0. The van der Waals surface area contributed by atoms with E-state index in [-0.39, 0.29) is 10.6 Å². The molecule has 0 aliphatic rings. The number of benzene rings is 1. The van der Waals surface area contributed by atoms with Gasteiger partial charge in [-0.05, 0) is 13.8 Å². The maximum Gasteiger partial charge on any atom is 0.205 e. The molecule has 74 valence electrons. The van der Waals surface area contributed by atoms with Crippen molar-refractivity contribution >= 4 is 15.5 Å². The molecule has 0 fully saturated rings. The highest BCUT2D eigenvalue weighted by molar-refractivity contribution is 7.92. The third kappa shape index (κ3) is 1.78. The molecule has 1 rings (SSSR count). The Kier molecular flexibility index (Phi) is 2.92. The molecule has 3 nitrogen and oxygen atoms in total. The van der Waals surface area contributed by atoms with Crippen molar-refractivity contribution in [3.63, 3.8) is 0 Å². The molecule has 14 heavy (non-hydrogen) atoms. The zero-order valence-electron chi connectivity index (χ0n) is 8.06. The summed E-state index contributed by atoms with van der Waals surface area (Å²) < 4.78 is 23.5. The Morgan fingerprint density at radius 2 is 1.86 bits per heavy atom. The minimum Gasteiger partial charge on any atom is -0.237 e. The lowest BCUT2D eigenvalue weighted by Crippen LogP contribution is -2.13. The number of sulfone groups is 1. The monoisotopic (exact) mass is 209 g/mol. The van der Waals surface area contributed by atoms with E-state index in [1.807, 2.05) is 0 Å². The lowest BCUT2D eigenvalue weighted by atomic mass is 10.3. The van der Waals surface area contributed by atoms with E-state index >= 15 is 0 Å². The second kappa shape index (κ2) is 3.81. The predicted octanol–water partition coefficient (Wildman–Crippen LogP) is 2.42. The normalized spacial score (nSPS) is 11.3. The van der Waals surface area contributed by atoms with Crippen LogP contribution in [0.25, 0.3) is 4.85 Å². The number of hydrogen-bond acceptors (Lipinski definition) is 2. The molecule has 0 atom stereocenters. The Bertz CT molecular complexity index is 469. The van der Waals surface area contributed by atoms with E-state index < -0.39 is 15.1 Å². The molecule has 0 heterocycles. The second-order valence-electron chi connectivity index (χ2n) is 3.17. The summed E-state index contributed by atoms with van der Waals surface area (Å²) in [5, 5.41) is -0.495. The van der Waals surface area contributed by atoms with Gasteiger partial charge < -0.3 is 0 Å². The number of nitrogens with zero attached hydrogens (tertiary/aromatic N) is 1. The van der Waals surface area contributed by atoms with E-state index in [4.69, 9.17) is 6.57 Å². The van der Waals surface area contributed by atoms with Gasteiger partial charge in [0.2, 0.25) is 5.69 Å². The van der Waals surface area contributed by atoms with E-state index in [1.54, 1.807) is 26.0 Å². The first-order valence-electron chi connectivity index (χ1n) is 4.20. The predicted molar refractivity (Wildman–Crippen MR) is 55.0 cm³/mol. The summed E-state index contributed by atoms with van der Waals surface area (Å²) in [4.78, 5) is 3.32. The molecule has 0 radical (unpaired) electrons. The summed E-state index contributed by atoms with van der Waals surface area (Å²) in [5.41, 5.74) is 0.196. The summed E-state index contributed by atoms with van der Waals surface area (Å²) in [5.74, 6) is 0. The molecule has 4 heteroatoms. The van der Waals surface area contributed by atoms with Crippen LogP contribution in [0.2, 0.25) is 0 Å². The molecule has 1 aromatic rings. The molecule has 0 aromatic heterocycles. The topological polar surface area (TPSA) is 38.5 Å². The van der Waals surface area contributed by atoms with Crippen LogP contribution in [0.3, 0.4) is 0 Å².